The Hall–Kier alpha value is -7.38. The van der Waals surface area contributed by atoms with E-state index in [2.05, 4.69) is 48.0 Å². The second kappa shape index (κ2) is 29.4. The highest BCUT2D eigenvalue weighted by atomic mass is 32.2. The van der Waals surface area contributed by atoms with E-state index in [1.54, 1.807) is 119 Å². The number of hydrogen-bond donors (Lipinski definition) is 0. The van der Waals surface area contributed by atoms with Crippen LogP contribution in [0, 0.1) is 0 Å². The maximum absolute atomic E-state index is 12.9. The first-order valence-electron chi connectivity index (χ1n) is 22.8. The molecule has 2 aromatic heterocycles. The number of carbonyl (C=O) groups excluding carboxylic acids is 6. The van der Waals surface area contributed by atoms with E-state index < -0.39 is 0 Å². The molecule has 74 heavy (non-hydrogen) atoms. The standard InChI is InChI=1S/C20H12O2S.C18H13N3O2S.C7H8S.C4H7N3S.C4H8O2.C3H6O2/c21-19-14-9-4-5-10-15(14)20(22)18-16(19)11-6-12-17(18)23-13-7-2-1-3-8-13;1-2-21-10-19-18(20-21)24-14-9-5-8-13-15(14)17(23)12-7-4-3-6-11(12)16(13)22;1-8-7-5-3-2-4-6-7;1-7-3-5-4(6-7)8-2;1-3-6-4(2)5;1-3(4)5-2/h1-12H;3-10H,2H2,1H3;2-6H,1H3;3H,1-2H3;3H2,1-2H3;1-2H3. The summed E-state index contributed by atoms with van der Waals surface area (Å²) in [4.78, 5) is 82.7. The maximum atomic E-state index is 12.9. The molecule has 0 atom stereocenters. The minimum absolute atomic E-state index is 0.0748. The molecule has 6 aromatic carbocycles. The van der Waals surface area contributed by atoms with Gasteiger partial charge in [-0.2, -0.15) is 0 Å². The zero-order valence-corrected chi connectivity index (χ0v) is 45.3. The number of aromatic nitrogens is 6. The molecular formula is C56H54N6O8S4. The minimum atomic E-state index is -0.245. The van der Waals surface area contributed by atoms with E-state index in [4.69, 9.17) is 0 Å². The number of aryl methyl sites for hydroxylation is 2. The van der Waals surface area contributed by atoms with Crippen LogP contribution in [0.2, 0.25) is 0 Å². The third-order valence-corrected chi connectivity index (χ3v) is 13.5. The van der Waals surface area contributed by atoms with E-state index in [-0.39, 0.29) is 35.1 Å². The smallest absolute Gasteiger partial charge is 0.302 e. The summed E-state index contributed by atoms with van der Waals surface area (Å²) in [5.74, 6) is -0.852. The SMILES string of the molecule is CCOC(C)=O.CCn1cnc(Sc2cccc3c2C(=O)c2ccccc2C3=O)n1.COC(C)=O.CSc1ccccc1.CSc1ncn(C)n1.O=C1c2ccccc2C(=O)c2c(Sc3ccccc3)cccc21. The third-order valence-electron chi connectivity index (χ3n) is 10.2. The fourth-order valence-electron chi connectivity index (χ4n) is 6.76. The lowest BCUT2D eigenvalue weighted by Gasteiger charge is -2.19. The fourth-order valence-corrected chi connectivity index (χ4v) is 9.44. The lowest BCUT2D eigenvalue weighted by molar-refractivity contribution is -0.140. The summed E-state index contributed by atoms with van der Waals surface area (Å²) in [6, 6.07) is 44.9. The summed E-state index contributed by atoms with van der Waals surface area (Å²) >= 11 is 6.13. The summed E-state index contributed by atoms with van der Waals surface area (Å²) in [6.07, 6.45) is 7.37. The number of benzene rings is 6. The number of esters is 2. The zero-order valence-electron chi connectivity index (χ0n) is 42.0. The molecule has 0 saturated carbocycles. The highest BCUT2D eigenvalue weighted by Gasteiger charge is 2.33. The quantitative estimate of drug-likeness (QED) is 0.103. The zero-order chi connectivity index (χ0) is 53.6. The molecule has 0 amide bonds. The Morgan fingerprint density at radius 2 is 0.932 bits per heavy atom. The van der Waals surface area contributed by atoms with E-state index in [9.17, 15) is 28.8 Å². The Labute approximate surface area is 447 Å². The summed E-state index contributed by atoms with van der Waals surface area (Å²) in [7, 11) is 3.20. The molecule has 0 spiro atoms. The topological polar surface area (TPSA) is 182 Å². The van der Waals surface area contributed by atoms with Gasteiger partial charge in [0.1, 0.15) is 12.7 Å². The van der Waals surface area contributed by atoms with Gasteiger partial charge < -0.3 is 9.47 Å². The second-order valence-corrected chi connectivity index (χ2v) is 19.0. The van der Waals surface area contributed by atoms with Crippen LogP contribution < -0.4 is 0 Å². The van der Waals surface area contributed by atoms with Crippen LogP contribution in [0.1, 0.15) is 91.4 Å². The molecule has 380 valence electrons. The number of thioether (sulfide) groups is 2. The van der Waals surface area contributed by atoms with Crippen molar-refractivity contribution in [3.63, 3.8) is 0 Å². The molecule has 0 fully saturated rings. The molecule has 10 rings (SSSR count). The monoisotopic (exact) mass is 1070 g/mol. The predicted molar refractivity (Wildman–Crippen MR) is 291 cm³/mol. The van der Waals surface area contributed by atoms with Gasteiger partial charge in [-0.25, -0.2) is 9.97 Å². The normalized spacial score (nSPS) is 11.2. The first-order valence-corrected chi connectivity index (χ1v) is 26.9. The molecule has 2 aliphatic carbocycles. The molecule has 0 bridgehead atoms. The molecule has 0 radical (unpaired) electrons. The van der Waals surface area contributed by atoms with Crippen molar-refractivity contribution in [2.75, 3.05) is 26.2 Å². The van der Waals surface area contributed by atoms with E-state index in [0.717, 1.165) is 21.5 Å². The largest absolute Gasteiger partial charge is 0.469 e. The van der Waals surface area contributed by atoms with Crippen LogP contribution in [0.3, 0.4) is 0 Å². The minimum Gasteiger partial charge on any atom is -0.469 e. The first kappa shape index (κ1) is 57.5. The van der Waals surface area contributed by atoms with Crippen LogP contribution in [0.25, 0.3) is 0 Å². The van der Waals surface area contributed by atoms with Gasteiger partial charge in [-0.1, -0.05) is 133 Å². The van der Waals surface area contributed by atoms with Crippen LogP contribution in [0.5, 0.6) is 0 Å². The number of nitrogens with zero attached hydrogens (tertiary/aromatic N) is 6. The van der Waals surface area contributed by atoms with E-state index in [1.165, 1.54) is 49.4 Å². The van der Waals surface area contributed by atoms with Crippen LogP contribution in [0.15, 0.2) is 188 Å². The number of fused-ring (bicyclic) bond motifs is 4. The van der Waals surface area contributed by atoms with Crippen molar-refractivity contribution in [2.45, 2.75) is 64.1 Å². The molecule has 2 aliphatic rings. The molecule has 18 heteroatoms. The first-order chi connectivity index (χ1) is 35.7. The highest BCUT2D eigenvalue weighted by Crippen LogP contribution is 2.38. The van der Waals surface area contributed by atoms with Gasteiger partial charge in [0.2, 0.25) is 10.3 Å². The van der Waals surface area contributed by atoms with Gasteiger partial charge in [-0.05, 0) is 74.5 Å². The second-order valence-electron chi connectivity index (χ2n) is 15.2. The molecule has 14 nitrogen and oxygen atoms in total. The van der Waals surface area contributed by atoms with Crippen molar-refractivity contribution in [3.05, 3.63) is 203 Å². The number of rotatable bonds is 8. The number of methoxy groups -OCH3 is 1. The summed E-state index contributed by atoms with van der Waals surface area (Å²) in [6.45, 7) is 7.72. The average Bonchev–Trinajstić information content (AvgIpc) is 4.09. The van der Waals surface area contributed by atoms with Crippen LogP contribution in [0.4, 0.5) is 0 Å². The third kappa shape index (κ3) is 16.1. The summed E-state index contributed by atoms with van der Waals surface area (Å²) < 4.78 is 11.9. The average molecular weight is 1070 g/mol. The summed E-state index contributed by atoms with van der Waals surface area (Å²) in [5, 5.41) is 9.72. The Kier molecular flexibility index (Phi) is 22.8. The Morgan fingerprint density at radius 1 is 0.500 bits per heavy atom. The fraction of sp³-hybridized carbons (Fsp3) is 0.179. The van der Waals surface area contributed by atoms with Gasteiger partial charge in [0, 0.05) is 91.5 Å². The Balaban J connectivity index is 0.000000185. The van der Waals surface area contributed by atoms with Crippen molar-refractivity contribution in [1.82, 2.24) is 29.5 Å². The van der Waals surface area contributed by atoms with Crippen LogP contribution in [-0.4, -0.2) is 90.8 Å². The van der Waals surface area contributed by atoms with Gasteiger partial charge in [0.15, 0.2) is 23.1 Å². The molecule has 0 unspecified atom stereocenters. The van der Waals surface area contributed by atoms with E-state index >= 15 is 0 Å². The van der Waals surface area contributed by atoms with Crippen molar-refractivity contribution in [1.29, 1.82) is 0 Å². The Morgan fingerprint density at radius 3 is 1.28 bits per heavy atom. The molecule has 0 saturated heterocycles. The van der Waals surface area contributed by atoms with Crippen molar-refractivity contribution in [2.24, 2.45) is 7.05 Å². The van der Waals surface area contributed by atoms with E-state index in [0.29, 0.717) is 61.2 Å². The van der Waals surface area contributed by atoms with Crippen LogP contribution in [-0.2, 0) is 32.7 Å². The van der Waals surface area contributed by atoms with Crippen molar-refractivity contribution in [3.8, 4) is 0 Å². The predicted octanol–water partition coefficient (Wildman–Crippen LogP) is 11.5. The van der Waals surface area contributed by atoms with Crippen molar-refractivity contribution < 1.29 is 38.2 Å². The molecular weight excluding hydrogens is 1010 g/mol. The highest BCUT2D eigenvalue weighted by molar-refractivity contribution is 7.99. The number of hydrogen-bond acceptors (Lipinski definition) is 16. The Bertz CT molecular complexity index is 3200. The van der Waals surface area contributed by atoms with Gasteiger partial charge in [-0.3, -0.25) is 38.1 Å². The van der Waals surface area contributed by atoms with Crippen molar-refractivity contribution >= 4 is 82.1 Å². The number of ketones is 4. The lowest BCUT2D eigenvalue weighted by Crippen LogP contribution is -2.21. The van der Waals surface area contributed by atoms with Gasteiger partial charge in [0.25, 0.3) is 0 Å². The van der Waals surface area contributed by atoms with Gasteiger partial charge >= 0.3 is 11.9 Å². The lowest BCUT2D eigenvalue weighted by atomic mass is 9.84. The number of carbonyl (C=O) groups is 6. The van der Waals surface area contributed by atoms with Gasteiger partial charge in [-0.15, -0.1) is 22.0 Å². The molecule has 0 aliphatic heterocycles. The van der Waals surface area contributed by atoms with E-state index in [1.807, 2.05) is 87.0 Å². The van der Waals surface area contributed by atoms with Crippen LogP contribution >= 0.6 is 47.0 Å². The molecule has 2 heterocycles. The summed E-state index contributed by atoms with van der Waals surface area (Å²) in [5.41, 5.74) is 3.80. The molecule has 0 N–H and O–H groups in total. The molecule has 8 aromatic rings. The number of ether oxygens (including phenoxy) is 2. The van der Waals surface area contributed by atoms with Gasteiger partial charge in [0.05, 0.1) is 13.7 Å². The maximum Gasteiger partial charge on any atom is 0.302 e.